The quantitative estimate of drug-likeness (QED) is 0.422. The topological polar surface area (TPSA) is 104 Å². The van der Waals surface area contributed by atoms with Crippen LogP contribution >= 0.6 is 0 Å². The van der Waals surface area contributed by atoms with Crippen molar-refractivity contribution >= 4 is 15.7 Å². The monoisotopic (exact) mass is 507 g/mol. The van der Waals surface area contributed by atoms with Gasteiger partial charge in [0, 0.05) is 6.26 Å². The van der Waals surface area contributed by atoms with Crippen LogP contribution in [0.2, 0.25) is 0 Å². The molecule has 3 rings (SSSR count). The standard InChI is InChI=1S/C28H30FN3O3S/c1-19(2)18-26(31)28(33)32(17-16-30)27(23-8-12-24(29)13-9-23)22-6-4-20(5-7-22)21-10-14-25(15-11-21)36(3,34)35/h4-15,19,26-27H,17-18,31H2,1-3H3/t26?,27-/m0/s1. The lowest BCUT2D eigenvalue weighted by atomic mass is 9.93. The van der Waals surface area contributed by atoms with Crippen molar-refractivity contribution < 1.29 is 17.6 Å². The molecule has 0 saturated carbocycles. The van der Waals surface area contributed by atoms with Crippen LogP contribution in [-0.4, -0.2) is 38.1 Å². The van der Waals surface area contributed by atoms with Crippen LogP contribution in [-0.2, 0) is 14.6 Å². The second-order valence-electron chi connectivity index (χ2n) is 9.23. The van der Waals surface area contributed by atoms with Crippen molar-refractivity contribution in [3.8, 4) is 17.2 Å². The molecule has 6 nitrogen and oxygen atoms in total. The van der Waals surface area contributed by atoms with Gasteiger partial charge >= 0.3 is 0 Å². The van der Waals surface area contributed by atoms with Crippen LogP contribution in [0, 0.1) is 23.1 Å². The summed E-state index contributed by atoms with van der Waals surface area (Å²) in [7, 11) is -3.29. The van der Waals surface area contributed by atoms with E-state index in [4.69, 9.17) is 5.73 Å². The molecule has 36 heavy (non-hydrogen) atoms. The fourth-order valence-corrected chi connectivity index (χ4v) is 4.77. The van der Waals surface area contributed by atoms with E-state index in [0.717, 1.165) is 22.9 Å². The molecule has 8 heteroatoms. The first-order valence-corrected chi connectivity index (χ1v) is 13.5. The van der Waals surface area contributed by atoms with Gasteiger partial charge in [0.05, 0.1) is 23.0 Å². The first kappa shape index (κ1) is 27.1. The Balaban J connectivity index is 2.02. The fraction of sp³-hybridized carbons (Fsp3) is 0.286. The van der Waals surface area contributed by atoms with Gasteiger partial charge in [-0.15, -0.1) is 0 Å². The second-order valence-corrected chi connectivity index (χ2v) is 11.2. The molecule has 2 atom stereocenters. The molecule has 0 fully saturated rings. The minimum absolute atomic E-state index is 0.179. The molecule has 0 aliphatic carbocycles. The van der Waals surface area contributed by atoms with Gasteiger partial charge in [-0.1, -0.05) is 62.4 Å². The third-order valence-corrected chi connectivity index (χ3v) is 7.03. The number of nitrogens with two attached hydrogens (primary N) is 1. The number of carbonyl (C=O) groups excluding carboxylic acids is 1. The van der Waals surface area contributed by atoms with Crippen molar-refractivity contribution in [1.29, 1.82) is 5.26 Å². The Kier molecular flexibility index (Phi) is 8.62. The number of amides is 1. The molecule has 1 unspecified atom stereocenters. The molecular formula is C28H30FN3O3S. The van der Waals surface area contributed by atoms with Crippen molar-refractivity contribution in [2.75, 3.05) is 12.8 Å². The van der Waals surface area contributed by atoms with E-state index in [9.17, 15) is 22.9 Å². The van der Waals surface area contributed by atoms with E-state index >= 15 is 0 Å². The molecule has 0 heterocycles. The molecule has 3 aromatic carbocycles. The number of nitrogens with zero attached hydrogens (tertiary/aromatic N) is 2. The van der Waals surface area contributed by atoms with Crippen LogP contribution in [0.3, 0.4) is 0 Å². The largest absolute Gasteiger partial charge is 0.320 e. The predicted molar refractivity (Wildman–Crippen MR) is 138 cm³/mol. The zero-order chi connectivity index (χ0) is 26.5. The van der Waals surface area contributed by atoms with Gasteiger partial charge in [0.2, 0.25) is 5.91 Å². The highest BCUT2D eigenvalue weighted by molar-refractivity contribution is 7.90. The Bertz CT molecular complexity index is 1330. The SMILES string of the molecule is CC(C)CC(N)C(=O)N(CC#N)[C@H](c1ccc(F)cc1)c1ccc(-c2ccc(S(C)(=O)=O)cc2)cc1. The molecule has 0 radical (unpaired) electrons. The van der Waals surface area contributed by atoms with E-state index in [-0.39, 0.29) is 23.3 Å². The highest BCUT2D eigenvalue weighted by atomic mass is 32.2. The molecular weight excluding hydrogens is 477 g/mol. The molecule has 1 amide bonds. The smallest absolute Gasteiger partial charge is 0.241 e. The lowest BCUT2D eigenvalue weighted by molar-refractivity contribution is -0.134. The number of sulfone groups is 1. The highest BCUT2D eigenvalue weighted by Gasteiger charge is 2.30. The number of hydrogen-bond donors (Lipinski definition) is 1. The third-order valence-electron chi connectivity index (χ3n) is 5.91. The second kappa shape index (κ2) is 11.5. The van der Waals surface area contributed by atoms with Gasteiger partial charge in [0.15, 0.2) is 9.84 Å². The van der Waals surface area contributed by atoms with E-state index in [0.29, 0.717) is 12.0 Å². The average molecular weight is 508 g/mol. The summed E-state index contributed by atoms with van der Waals surface area (Å²) in [5, 5.41) is 9.52. The fourth-order valence-electron chi connectivity index (χ4n) is 4.14. The van der Waals surface area contributed by atoms with Crippen molar-refractivity contribution in [3.05, 3.63) is 89.7 Å². The van der Waals surface area contributed by atoms with E-state index in [1.165, 1.54) is 17.0 Å². The zero-order valence-corrected chi connectivity index (χ0v) is 21.4. The lowest BCUT2D eigenvalue weighted by Gasteiger charge is -2.33. The van der Waals surface area contributed by atoms with E-state index in [1.807, 2.05) is 38.1 Å². The zero-order valence-electron chi connectivity index (χ0n) is 20.6. The molecule has 0 aromatic heterocycles. The number of nitriles is 1. The summed E-state index contributed by atoms with van der Waals surface area (Å²) in [6.45, 7) is 3.77. The van der Waals surface area contributed by atoms with Gasteiger partial charge < -0.3 is 10.6 Å². The molecule has 0 aliphatic heterocycles. The Morgan fingerprint density at radius 1 is 0.944 bits per heavy atom. The van der Waals surface area contributed by atoms with Gasteiger partial charge in [-0.25, -0.2) is 12.8 Å². The molecule has 0 spiro atoms. The van der Waals surface area contributed by atoms with Crippen LogP contribution in [0.15, 0.2) is 77.7 Å². The maximum Gasteiger partial charge on any atom is 0.241 e. The summed E-state index contributed by atoms with van der Waals surface area (Å²) in [6.07, 6.45) is 1.63. The Labute approximate surface area is 212 Å². The van der Waals surface area contributed by atoms with Gasteiger partial charge in [-0.3, -0.25) is 4.79 Å². The average Bonchev–Trinajstić information content (AvgIpc) is 2.84. The van der Waals surface area contributed by atoms with Crippen molar-refractivity contribution in [1.82, 2.24) is 4.90 Å². The maximum atomic E-state index is 13.7. The summed E-state index contributed by atoms with van der Waals surface area (Å²) in [5.41, 5.74) is 9.28. The highest BCUT2D eigenvalue weighted by Crippen LogP contribution is 2.32. The minimum Gasteiger partial charge on any atom is -0.320 e. The Morgan fingerprint density at radius 3 is 1.86 bits per heavy atom. The lowest BCUT2D eigenvalue weighted by Crippen LogP contribution is -2.46. The van der Waals surface area contributed by atoms with Crippen LogP contribution in [0.25, 0.3) is 11.1 Å². The number of benzene rings is 3. The molecule has 3 aromatic rings. The van der Waals surface area contributed by atoms with E-state index < -0.39 is 27.7 Å². The van der Waals surface area contributed by atoms with Crippen molar-refractivity contribution in [2.45, 2.75) is 37.2 Å². The Morgan fingerprint density at radius 2 is 1.42 bits per heavy atom. The van der Waals surface area contributed by atoms with Crippen LogP contribution < -0.4 is 5.73 Å². The van der Waals surface area contributed by atoms with Crippen molar-refractivity contribution in [3.63, 3.8) is 0 Å². The van der Waals surface area contributed by atoms with E-state index in [2.05, 4.69) is 6.07 Å². The molecule has 0 aliphatic rings. The third kappa shape index (κ3) is 6.56. The number of hydrogen-bond acceptors (Lipinski definition) is 5. The number of halogens is 1. The predicted octanol–water partition coefficient (Wildman–Crippen LogP) is 4.71. The van der Waals surface area contributed by atoms with Gasteiger partial charge in [-0.2, -0.15) is 5.26 Å². The van der Waals surface area contributed by atoms with Crippen molar-refractivity contribution in [2.24, 2.45) is 11.7 Å². The van der Waals surface area contributed by atoms with Gasteiger partial charge in [0.1, 0.15) is 12.4 Å². The molecule has 0 bridgehead atoms. The van der Waals surface area contributed by atoms with Gasteiger partial charge in [-0.05, 0) is 58.9 Å². The summed E-state index contributed by atoms with van der Waals surface area (Å²) in [4.78, 5) is 15.0. The first-order valence-electron chi connectivity index (χ1n) is 11.6. The molecule has 188 valence electrons. The summed E-state index contributed by atoms with van der Waals surface area (Å²) in [6, 6.07) is 20.5. The van der Waals surface area contributed by atoms with Crippen LogP contribution in [0.4, 0.5) is 4.39 Å². The summed E-state index contributed by atoms with van der Waals surface area (Å²) >= 11 is 0. The van der Waals surface area contributed by atoms with Gasteiger partial charge in [0.25, 0.3) is 0 Å². The molecule has 2 N–H and O–H groups in total. The number of rotatable bonds is 9. The summed E-state index contributed by atoms with van der Waals surface area (Å²) in [5.74, 6) is -0.550. The van der Waals surface area contributed by atoms with E-state index in [1.54, 1.807) is 36.4 Å². The normalized spacial score (nSPS) is 13.1. The maximum absolute atomic E-state index is 13.7. The molecule has 0 saturated heterocycles. The number of carbonyl (C=O) groups is 1. The summed E-state index contributed by atoms with van der Waals surface area (Å²) < 4.78 is 37.2. The Hall–Kier alpha value is -3.54. The van der Waals surface area contributed by atoms with Crippen LogP contribution in [0.5, 0.6) is 0 Å². The minimum atomic E-state index is -3.29. The first-order chi connectivity index (χ1) is 17.0. The van der Waals surface area contributed by atoms with Crippen LogP contribution in [0.1, 0.15) is 37.4 Å².